The normalized spacial score (nSPS) is 16.2. The molecule has 1 aromatic rings. The molecule has 2 heterocycles. The Morgan fingerprint density at radius 3 is 2.94 bits per heavy atom. The number of nitrogens with zero attached hydrogens (tertiary/aromatic N) is 3. The summed E-state index contributed by atoms with van der Waals surface area (Å²) in [7, 11) is 0. The van der Waals surface area contributed by atoms with Crippen molar-refractivity contribution in [1.82, 2.24) is 4.98 Å². The first-order valence-electron chi connectivity index (χ1n) is 5.10. The maximum Gasteiger partial charge on any atom is 0.312 e. The number of hydrogen-bond acceptors (Lipinski definition) is 4. The molecule has 0 N–H and O–H groups in total. The number of pyridine rings is 1. The molecule has 1 aliphatic heterocycles. The molecule has 6 nitrogen and oxygen atoms in total. The van der Waals surface area contributed by atoms with Crippen molar-refractivity contribution in [3.63, 3.8) is 0 Å². The van der Waals surface area contributed by atoms with Crippen LogP contribution in [0, 0.1) is 10.1 Å². The molecule has 2 rings (SSSR count). The van der Waals surface area contributed by atoms with E-state index in [1.807, 2.05) is 0 Å². The van der Waals surface area contributed by atoms with Gasteiger partial charge < -0.3 is 0 Å². The summed E-state index contributed by atoms with van der Waals surface area (Å²) >= 11 is 0. The highest BCUT2D eigenvalue weighted by molar-refractivity contribution is 5.94. The second kappa shape index (κ2) is 4.26. The quantitative estimate of drug-likeness (QED) is 0.560. The Morgan fingerprint density at radius 1 is 1.44 bits per heavy atom. The molecule has 1 aliphatic rings. The van der Waals surface area contributed by atoms with Gasteiger partial charge in [0.25, 0.3) is 0 Å². The first kappa shape index (κ1) is 10.5. The molecular formula is C10H11N3O3. The van der Waals surface area contributed by atoms with Gasteiger partial charge in [-0.05, 0) is 18.9 Å². The van der Waals surface area contributed by atoms with Crippen molar-refractivity contribution in [1.29, 1.82) is 0 Å². The van der Waals surface area contributed by atoms with Crippen LogP contribution in [-0.2, 0) is 4.79 Å². The lowest BCUT2D eigenvalue weighted by molar-refractivity contribution is -0.384. The second-order valence-electron chi connectivity index (χ2n) is 3.61. The third-order valence-corrected chi connectivity index (χ3v) is 2.54. The van der Waals surface area contributed by atoms with Gasteiger partial charge in [-0.1, -0.05) is 0 Å². The average molecular weight is 221 g/mol. The highest BCUT2D eigenvalue weighted by Crippen LogP contribution is 2.27. The highest BCUT2D eigenvalue weighted by atomic mass is 16.6. The van der Waals surface area contributed by atoms with E-state index in [1.165, 1.54) is 23.2 Å². The number of nitro groups is 1. The minimum Gasteiger partial charge on any atom is -0.291 e. The Balaban J connectivity index is 2.38. The van der Waals surface area contributed by atoms with Crippen LogP contribution in [0.3, 0.4) is 0 Å². The van der Waals surface area contributed by atoms with Crippen molar-refractivity contribution in [2.45, 2.75) is 19.3 Å². The van der Waals surface area contributed by atoms with Gasteiger partial charge in [-0.25, -0.2) is 4.98 Å². The van der Waals surface area contributed by atoms with Crippen molar-refractivity contribution >= 4 is 17.4 Å². The molecule has 0 aromatic carbocycles. The molecule has 6 heteroatoms. The molecular weight excluding hydrogens is 210 g/mol. The fourth-order valence-corrected chi connectivity index (χ4v) is 1.77. The van der Waals surface area contributed by atoms with Crippen LogP contribution in [-0.4, -0.2) is 22.4 Å². The zero-order valence-electron chi connectivity index (χ0n) is 8.63. The van der Waals surface area contributed by atoms with E-state index >= 15 is 0 Å². The monoisotopic (exact) mass is 221 g/mol. The van der Waals surface area contributed by atoms with Gasteiger partial charge in [-0.3, -0.25) is 19.8 Å². The zero-order chi connectivity index (χ0) is 11.5. The number of piperidine rings is 1. The molecule has 0 atom stereocenters. The Labute approximate surface area is 92.0 Å². The zero-order valence-corrected chi connectivity index (χ0v) is 8.63. The topological polar surface area (TPSA) is 76.3 Å². The number of anilines is 1. The number of hydrogen-bond donors (Lipinski definition) is 0. The SMILES string of the molecule is O=C1CCCCN1c1ncccc1[N+](=O)[O-]. The molecule has 0 bridgehead atoms. The fraction of sp³-hybridized carbons (Fsp3) is 0.400. The fourth-order valence-electron chi connectivity index (χ4n) is 1.77. The number of carbonyl (C=O) groups is 1. The summed E-state index contributed by atoms with van der Waals surface area (Å²) in [5.41, 5.74) is -0.113. The largest absolute Gasteiger partial charge is 0.312 e. The van der Waals surface area contributed by atoms with Crippen LogP contribution in [0.5, 0.6) is 0 Å². The Bertz CT molecular complexity index is 433. The minimum atomic E-state index is -0.510. The maximum atomic E-state index is 11.6. The third-order valence-electron chi connectivity index (χ3n) is 2.54. The number of amides is 1. The number of aromatic nitrogens is 1. The van der Waals surface area contributed by atoms with Crippen LogP contribution in [0.15, 0.2) is 18.3 Å². The molecule has 1 fully saturated rings. The van der Waals surface area contributed by atoms with E-state index in [2.05, 4.69) is 4.98 Å². The van der Waals surface area contributed by atoms with Gasteiger partial charge in [-0.15, -0.1) is 0 Å². The molecule has 0 aliphatic carbocycles. The smallest absolute Gasteiger partial charge is 0.291 e. The molecule has 16 heavy (non-hydrogen) atoms. The summed E-state index contributed by atoms with van der Waals surface area (Å²) in [6, 6.07) is 2.86. The van der Waals surface area contributed by atoms with Gasteiger partial charge in [-0.2, -0.15) is 0 Å². The van der Waals surface area contributed by atoms with Crippen LogP contribution >= 0.6 is 0 Å². The van der Waals surface area contributed by atoms with Crippen molar-refractivity contribution < 1.29 is 9.72 Å². The Morgan fingerprint density at radius 2 is 2.25 bits per heavy atom. The summed E-state index contributed by atoms with van der Waals surface area (Å²) in [5.74, 6) is 0.0743. The van der Waals surface area contributed by atoms with Gasteiger partial charge in [0.15, 0.2) is 0 Å². The number of carbonyl (C=O) groups excluding carboxylic acids is 1. The predicted octanol–water partition coefficient (Wildman–Crippen LogP) is 1.51. The van der Waals surface area contributed by atoms with Gasteiger partial charge in [0, 0.05) is 25.2 Å². The molecule has 1 saturated heterocycles. The van der Waals surface area contributed by atoms with E-state index < -0.39 is 4.92 Å². The van der Waals surface area contributed by atoms with Crippen LogP contribution in [0.1, 0.15) is 19.3 Å². The molecule has 84 valence electrons. The van der Waals surface area contributed by atoms with Gasteiger partial charge in [0.05, 0.1) is 4.92 Å². The minimum absolute atomic E-state index is 0.0898. The second-order valence-corrected chi connectivity index (χ2v) is 3.61. The maximum absolute atomic E-state index is 11.6. The lowest BCUT2D eigenvalue weighted by Gasteiger charge is -2.25. The predicted molar refractivity (Wildman–Crippen MR) is 57.1 cm³/mol. The third kappa shape index (κ3) is 1.86. The summed E-state index contributed by atoms with van der Waals surface area (Å²) in [4.78, 5) is 27.3. The lowest BCUT2D eigenvalue weighted by Crippen LogP contribution is -2.36. The van der Waals surface area contributed by atoms with Crippen LogP contribution in [0.4, 0.5) is 11.5 Å². The molecule has 0 radical (unpaired) electrons. The summed E-state index contributed by atoms with van der Waals surface area (Å²) < 4.78 is 0. The Kier molecular flexibility index (Phi) is 2.80. The molecule has 0 saturated carbocycles. The molecule has 1 aromatic heterocycles. The van der Waals surface area contributed by atoms with E-state index in [0.717, 1.165) is 12.8 Å². The molecule has 1 amide bonds. The summed E-state index contributed by atoms with van der Waals surface area (Å²) in [5, 5.41) is 10.8. The van der Waals surface area contributed by atoms with Crippen LogP contribution in [0.2, 0.25) is 0 Å². The first-order valence-corrected chi connectivity index (χ1v) is 5.10. The highest BCUT2D eigenvalue weighted by Gasteiger charge is 2.27. The number of rotatable bonds is 2. The molecule has 0 unspecified atom stereocenters. The lowest BCUT2D eigenvalue weighted by atomic mass is 10.1. The Hall–Kier alpha value is -1.98. The van der Waals surface area contributed by atoms with Crippen LogP contribution in [0.25, 0.3) is 0 Å². The van der Waals surface area contributed by atoms with Crippen molar-refractivity contribution in [3.05, 3.63) is 28.4 Å². The van der Waals surface area contributed by atoms with Gasteiger partial charge in [0.2, 0.25) is 11.7 Å². The van der Waals surface area contributed by atoms with E-state index in [-0.39, 0.29) is 17.4 Å². The standard InChI is InChI=1S/C10H11N3O3/c14-9-5-1-2-7-12(9)10-8(13(15)16)4-3-6-11-10/h3-4,6H,1-2,5,7H2. The van der Waals surface area contributed by atoms with E-state index in [4.69, 9.17) is 0 Å². The van der Waals surface area contributed by atoms with E-state index in [0.29, 0.717) is 13.0 Å². The van der Waals surface area contributed by atoms with Gasteiger partial charge in [0.1, 0.15) is 0 Å². The van der Waals surface area contributed by atoms with E-state index in [9.17, 15) is 14.9 Å². The summed E-state index contributed by atoms with van der Waals surface area (Å²) in [6.45, 7) is 0.511. The average Bonchev–Trinajstić information content (AvgIpc) is 2.29. The van der Waals surface area contributed by atoms with Gasteiger partial charge >= 0.3 is 5.69 Å². The summed E-state index contributed by atoms with van der Waals surface area (Å²) in [6.07, 6.45) is 3.60. The van der Waals surface area contributed by atoms with Crippen molar-refractivity contribution in [2.24, 2.45) is 0 Å². The van der Waals surface area contributed by atoms with Crippen molar-refractivity contribution in [2.75, 3.05) is 11.4 Å². The van der Waals surface area contributed by atoms with Crippen molar-refractivity contribution in [3.8, 4) is 0 Å². The first-order chi connectivity index (χ1) is 7.70. The molecule has 0 spiro atoms. The van der Waals surface area contributed by atoms with Crippen LogP contribution < -0.4 is 4.90 Å². The van der Waals surface area contributed by atoms with E-state index in [1.54, 1.807) is 0 Å².